The van der Waals surface area contributed by atoms with Gasteiger partial charge in [0.25, 0.3) is 0 Å². The number of para-hydroxylation sites is 2. The Morgan fingerprint density at radius 1 is 0.463 bits per heavy atom. The van der Waals surface area contributed by atoms with E-state index in [1.807, 2.05) is 0 Å². The number of halogens is 2. The van der Waals surface area contributed by atoms with Gasteiger partial charge in [0, 0.05) is 65.8 Å². The van der Waals surface area contributed by atoms with E-state index in [1.165, 1.54) is 98.5 Å². The van der Waals surface area contributed by atoms with Crippen molar-refractivity contribution in [3.8, 4) is 22.3 Å². The average Bonchev–Trinajstić information content (AvgIpc) is 3.89. The van der Waals surface area contributed by atoms with E-state index < -0.39 is 28.9 Å². The number of benzene rings is 6. The van der Waals surface area contributed by atoms with Crippen molar-refractivity contribution >= 4 is 101 Å². The molecule has 0 saturated carbocycles. The third-order valence-corrected chi connectivity index (χ3v) is 15.8. The van der Waals surface area contributed by atoms with Crippen LogP contribution in [-0.4, -0.2) is 17.2 Å². The molecule has 0 saturated heterocycles. The second-order valence-electron chi connectivity index (χ2n) is 15.3. The number of aromatic nitrogens is 2. The molecule has 0 aliphatic rings. The molecular formula is C48H40Cl2N2SiZr. The summed E-state index contributed by atoms with van der Waals surface area (Å²) in [6, 6.07) is 50.4. The summed E-state index contributed by atoms with van der Waals surface area (Å²) >= 11 is -0.826. The van der Waals surface area contributed by atoms with Crippen molar-refractivity contribution in [3.63, 3.8) is 0 Å². The Bertz CT molecular complexity index is 2880. The van der Waals surface area contributed by atoms with Gasteiger partial charge in [-0.15, -0.1) is 67.3 Å². The Morgan fingerprint density at radius 2 is 0.852 bits per heavy atom. The molecule has 0 bridgehead atoms. The van der Waals surface area contributed by atoms with E-state index in [2.05, 4.69) is 184 Å². The van der Waals surface area contributed by atoms with Crippen LogP contribution in [0.25, 0.3) is 87.4 Å². The molecule has 0 N–H and O–H groups in total. The zero-order valence-electron chi connectivity index (χ0n) is 31.4. The van der Waals surface area contributed by atoms with Gasteiger partial charge in [-0.2, -0.15) is 12.1 Å². The third kappa shape index (κ3) is 5.36. The molecule has 6 heteroatoms. The van der Waals surface area contributed by atoms with Crippen molar-refractivity contribution in [3.05, 3.63) is 145 Å². The second kappa shape index (κ2) is 13.5. The van der Waals surface area contributed by atoms with Gasteiger partial charge in [-0.25, -0.2) is 0 Å². The number of aryl methyl sites for hydroxylation is 4. The number of hydrogen-bond acceptors (Lipinski definition) is 0. The van der Waals surface area contributed by atoms with E-state index in [9.17, 15) is 0 Å². The molecule has 0 amide bonds. The average molecular weight is 835 g/mol. The molecule has 10 aromatic rings. The fraction of sp³-hybridized carbons (Fsp3) is 0.125. The topological polar surface area (TPSA) is 9.86 Å². The van der Waals surface area contributed by atoms with Crippen LogP contribution in [0.4, 0.5) is 0 Å². The Kier molecular flexibility index (Phi) is 8.90. The summed E-state index contributed by atoms with van der Waals surface area (Å²) in [7, 11) is 12.0. The third-order valence-electron chi connectivity index (χ3n) is 12.0. The van der Waals surface area contributed by atoms with Crippen LogP contribution in [0.15, 0.2) is 133 Å². The normalized spacial score (nSPS) is 12.0. The molecule has 2 heterocycles. The van der Waals surface area contributed by atoms with E-state index in [4.69, 9.17) is 17.0 Å². The van der Waals surface area contributed by atoms with Crippen molar-refractivity contribution in [2.24, 2.45) is 14.1 Å². The van der Waals surface area contributed by atoms with Crippen LogP contribution in [0.3, 0.4) is 0 Å². The van der Waals surface area contributed by atoms with Crippen LogP contribution in [-0.2, 0) is 34.9 Å². The predicted octanol–water partition coefficient (Wildman–Crippen LogP) is 12.9. The molecule has 0 fully saturated rings. The SMILES string of the molecule is Cc1cc2c(-c3ccc4c(c3)c3ccccc3n4C)cccc2[c-]1[Si](C)(C)[c-]1c(C)cc2c(-c3ccc4c(c3)c3ccccc3n4C)cccc21.[Cl][Zr+2][Cl]. The number of hydrogen-bond donors (Lipinski definition) is 0. The minimum atomic E-state index is -2.18. The van der Waals surface area contributed by atoms with Gasteiger partial charge in [0.2, 0.25) is 0 Å². The van der Waals surface area contributed by atoms with Crippen LogP contribution in [0, 0.1) is 13.8 Å². The van der Waals surface area contributed by atoms with Crippen molar-refractivity contribution in [2.75, 3.05) is 0 Å². The summed E-state index contributed by atoms with van der Waals surface area (Å²) in [6.45, 7) is 9.82. The summed E-state index contributed by atoms with van der Waals surface area (Å²) in [4.78, 5) is 0. The predicted molar refractivity (Wildman–Crippen MR) is 236 cm³/mol. The molecule has 264 valence electrons. The van der Waals surface area contributed by atoms with Crippen LogP contribution in [0.1, 0.15) is 11.1 Å². The first kappa shape index (κ1) is 35.5. The summed E-state index contributed by atoms with van der Waals surface area (Å²) in [5.41, 5.74) is 13.1. The quantitative estimate of drug-likeness (QED) is 0.123. The first-order chi connectivity index (χ1) is 26.1. The molecule has 0 aliphatic carbocycles. The molecule has 0 atom stereocenters. The minimum absolute atomic E-state index is 0.826. The number of rotatable bonds is 4. The molecule has 2 nitrogen and oxygen atoms in total. The van der Waals surface area contributed by atoms with Gasteiger partial charge in [0.05, 0.1) is 0 Å². The van der Waals surface area contributed by atoms with Crippen molar-refractivity contribution in [2.45, 2.75) is 26.9 Å². The standard InChI is InChI=1S/C48H40N2Si.2ClH.Zr/c1-29-25-39-33(31-21-23-45-41(27-31)35-13-7-9-19-43(35)49(45)3)15-11-17-37(39)47(29)51(5,6)48-30(2)26-40-34(16-12-18-38(40)48)32-22-24-46-42(28-32)36-14-8-10-20-44(36)50(46)4;;;/h7-28H,1-6H3;2*1H;/q-2;;;+4/p-2. The van der Waals surface area contributed by atoms with Gasteiger partial charge in [-0.3, -0.25) is 0 Å². The van der Waals surface area contributed by atoms with Gasteiger partial charge < -0.3 is 9.13 Å². The number of nitrogens with zero attached hydrogens (tertiary/aromatic N) is 2. The number of fused-ring (bicyclic) bond motifs is 8. The van der Waals surface area contributed by atoms with Gasteiger partial charge in [-0.05, 0) is 47.5 Å². The van der Waals surface area contributed by atoms with Crippen LogP contribution < -0.4 is 10.4 Å². The Hall–Kier alpha value is -4.18. The molecule has 10 rings (SSSR count). The Morgan fingerprint density at radius 3 is 1.28 bits per heavy atom. The van der Waals surface area contributed by atoms with Crippen molar-refractivity contribution in [1.29, 1.82) is 0 Å². The van der Waals surface area contributed by atoms with Crippen LogP contribution in [0.5, 0.6) is 0 Å². The molecule has 2 aromatic heterocycles. The summed E-state index contributed by atoms with van der Waals surface area (Å²) in [5.74, 6) is 0. The van der Waals surface area contributed by atoms with Gasteiger partial charge in [-0.1, -0.05) is 98.7 Å². The summed E-state index contributed by atoms with van der Waals surface area (Å²) in [6.07, 6.45) is 0. The first-order valence-electron chi connectivity index (χ1n) is 18.4. The second-order valence-corrected chi connectivity index (χ2v) is 23.2. The first-order valence-corrected chi connectivity index (χ1v) is 27.8. The zero-order chi connectivity index (χ0) is 37.5. The van der Waals surface area contributed by atoms with Crippen LogP contribution >= 0.6 is 17.0 Å². The van der Waals surface area contributed by atoms with E-state index in [-0.39, 0.29) is 0 Å². The maximum atomic E-state index is 4.93. The molecule has 0 spiro atoms. The van der Waals surface area contributed by atoms with Crippen LogP contribution in [0.2, 0.25) is 13.1 Å². The fourth-order valence-electron chi connectivity index (χ4n) is 9.84. The molecule has 0 aliphatic heterocycles. The van der Waals surface area contributed by atoms with E-state index in [1.54, 1.807) is 10.4 Å². The molecule has 8 aromatic carbocycles. The summed E-state index contributed by atoms with van der Waals surface area (Å²) < 4.78 is 4.63. The Labute approximate surface area is 335 Å². The Balaban J connectivity index is 0.00000124. The molecular weight excluding hydrogens is 795 g/mol. The van der Waals surface area contributed by atoms with E-state index in [0.717, 1.165) is 0 Å². The van der Waals surface area contributed by atoms with E-state index in [0.29, 0.717) is 0 Å². The van der Waals surface area contributed by atoms with Gasteiger partial charge in [0.1, 0.15) is 0 Å². The fourth-order valence-corrected chi connectivity index (χ4v) is 14.0. The van der Waals surface area contributed by atoms with Gasteiger partial charge >= 0.3 is 37.9 Å². The molecule has 0 unspecified atom stereocenters. The maximum absolute atomic E-state index is 4.93. The van der Waals surface area contributed by atoms with Gasteiger partial charge in [0.15, 0.2) is 0 Å². The van der Waals surface area contributed by atoms with Crippen molar-refractivity contribution < 1.29 is 20.8 Å². The zero-order valence-corrected chi connectivity index (χ0v) is 36.3. The monoisotopic (exact) mass is 832 g/mol. The van der Waals surface area contributed by atoms with E-state index >= 15 is 0 Å². The van der Waals surface area contributed by atoms with Crippen molar-refractivity contribution in [1.82, 2.24) is 9.13 Å². The molecule has 0 radical (unpaired) electrons. The summed E-state index contributed by atoms with van der Waals surface area (Å²) in [5, 5.41) is 13.9. The molecule has 54 heavy (non-hydrogen) atoms.